The minimum atomic E-state index is -0.674. The molecule has 1 fully saturated rings. The molecule has 1 N–H and O–H groups in total. The molecular weight excluding hydrogens is 216 g/mol. The quantitative estimate of drug-likeness (QED) is 0.794. The van der Waals surface area contributed by atoms with Gasteiger partial charge in [-0.15, -0.1) is 0 Å². The molecule has 17 heavy (non-hydrogen) atoms. The summed E-state index contributed by atoms with van der Waals surface area (Å²) in [5.74, 6) is -0.674. The van der Waals surface area contributed by atoms with Crippen molar-refractivity contribution in [2.75, 3.05) is 33.7 Å². The number of hydrogen-bond acceptors (Lipinski definition) is 3. The fourth-order valence-corrected chi connectivity index (χ4v) is 2.42. The zero-order valence-electron chi connectivity index (χ0n) is 11.6. The van der Waals surface area contributed by atoms with Crippen LogP contribution in [0.25, 0.3) is 0 Å². The number of piperidine rings is 1. The lowest BCUT2D eigenvalue weighted by Gasteiger charge is -2.39. The van der Waals surface area contributed by atoms with Gasteiger partial charge in [0.05, 0.1) is 5.41 Å². The molecular formula is C13H26N2O2. The number of likely N-dealkylation sites (tertiary alicyclic amines) is 1. The van der Waals surface area contributed by atoms with Crippen molar-refractivity contribution in [3.8, 4) is 0 Å². The van der Waals surface area contributed by atoms with Gasteiger partial charge in [-0.05, 0) is 46.8 Å². The summed E-state index contributed by atoms with van der Waals surface area (Å²) in [7, 11) is 4.20. The van der Waals surface area contributed by atoms with Crippen LogP contribution in [0.1, 0.15) is 33.1 Å². The van der Waals surface area contributed by atoms with Gasteiger partial charge in [0.1, 0.15) is 0 Å². The third-order valence-electron chi connectivity index (χ3n) is 4.08. The maximum absolute atomic E-state index is 11.3. The number of aliphatic carboxylic acids is 1. The summed E-state index contributed by atoms with van der Waals surface area (Å²) < 4.78 is 0. The first-order valence-corrected chi connectivity index (χ1v) is 6.51. The number of hydrogen-bond donors (Lipinski definition) is 1. The van der Waals surface area contributed by atoms with Crippen LogP contribution in [-0.2, 0) is 4.79 Å². The van der Waals surface area contributed by atoms with Gasteiger partial charge in [-0.1, -0.05) is 6.92 Å². The van der Waals surface area contributed by atoms with Crippen molar-refractivity contribution < 1.29 is 9.90 Å². The SMILES string of the molecule is CCC(C)(CN1CCCC(N(C)C)C1)C(=O)O. The van der Waals surface area contributed by atoms with E-state index in [4.69, 9.17) is 0 Å². The van der Waals surface area contributed by atoms with Crippen molar-refractivity contribution in [3.05, 3.63) is 0 Å². The Bertz CT molecular complexity index is 268. The Labute approximate surface area is 105 Å². The molecule has 1 aliphatic rings. The molecule has 1 heterocycles. The number of rotatable bonds is 5. The highest BCUT2D eigenvalue weighted by Gasteiger charge is 2.34. The number of likely N-dealkylation sites (N-methyl/N-ethyl adjacent to an activating group) is 1. The fourth-order valence-electron chi connectivity index (χ4n) is 2.42. The fraction of sp³-hybridized carbons (Fsp3) is 0.923. The molecule has 0 aliphatic carbocycles. The lowest BCUT2D eigenvalue weighted by molar-refractivity contribution is -0.149. The Hall–Kier alpha value is -0.610. The normalized spacial score (nSPS) is 25.8. The molecule has 0 radical (unpaired) electrons. The molecule has 1 rings (SSSR count). The van der Waals surface area contributed by atoms with E-state index in [1.165, 1.54) is 12.8 Å². The lowest BCUT2D eigenvalue weighted by atomic mass is 9.86. The Balaban J connectivity index is 2.59. The van der Waals surface area contributed by atoms with Gasteiger partial charge in [-0.3, -0.25) is 4.79 Å². The molecule has 0 aromatic rings. The predicted molar refractivity (Wildman–Crippen MR) is 69.2 cm³/mol. The largest absolute Gasteiger partial charge is 0.481 e. The van der Waals surface area contributed by atoms with Crippen LogP contribution in [0.15, 0.2) is 0 Å². The van der Waals surface area contributed by atoms with Gasteiger partial charge in [0.25, 0.3) is 0 Å². The van der Waals surface area contributed by atoms with E-state index in [1.54, 1.807) is 0 Å². The smallest absolute Gasteiger partial charge is 0.310 e. The summed E-state index contributed by atoms with van der Waals surface area (Å²) in [6, 6.07) is 0.568. The number of nitrogens with zero attached hydrogens (tertiary/aromatic N) is 2. The summed E-state index contributed by atoms with van der Waals surface area (Å²) in [6.07, 6.45) is 3.08. The van der Waals surface area contributed by atoms with Crippen LogP contribution in [0.4, 0.5) is 0 Å². The molecule has 0 bridgehead atoms. The maximum atomic E-state index is 11.3. The third-order valence-corrected chi connectivity index (χ3v) is 4.08. The van der Waals surface area contributed by atoms with Gasteiger partial charge in [0.2, 0.25) is 0 Å². The molecule has 2 unspecified atom stereocenters. The summed E-state index contributed by atoms with van der Waals surface area (Å²) in [6.45, 7) is 6.52. The molecule has 0 aromatic heterocycles. The molecule has 1 saturated heterocycles. The highest BCUT2D eigenvalue weighted by molar-refractivity contribution is 5.74. The van der Waals surface area contributed by atoms with E-state index in [-0.39, 0.29) is 0 Å². The molecule has 4 heteroatoms. The number of carboxylic acid groups (broad SMARTS) is 1. The van der Waals surface area contributed by atoms with E-state index in [0.717, 1.165) is 13.1 Å². The predicted octanol–water partition coefficient (Wildman–Crippen LogP) is 1.51. The Morgan fingerprint density at radius 2 is 2.18 bits per heavy atom. The molecule has 0 aromatic carbocycles. The van der Waals surface area contributed by atoms with E-state index < -0.39 is 11.4 Å². The van der Waals surface area contributed by atoms with Crippen LogP contribution < -0.4 is 0 Å². The van der Waals surface area contributed by atoms with Crippen LogP contribution in [0.3, 0.4) is 0 Å². The zero-order valence-corrected chi connectivity index (χ0v) is 11.6. The standard InChI is InChI=1S/C13H26N2O2/c1-5-13(2,12(16)17)10-15-8-6-7-11(9-15)14(3)4/h11H,5-10H2,1-4H3,(H,16,17). The second kappa shape index (κ2) is 5.83. The molecule has 4 nitrogen and oxygen atoms in total. The Morgan fingerprint density at radius 1 is 1.53 bits per heavy atom. The lowest BCUT2D eigenvalue weighted by Crippen LogP contribution is -2.49. The number of carbonyl (C=O) groups is 1. The molecule has 2 atom stereocenters. The van der Waals surface area contributed by atoms with Crippen molar-refractivity contribution in [3.63, 3.8) is 0 Å². The summed E-state index contributed by atoms with van der Waals surface area (Å²) in [5.41, 5.74) is -0.603. The van der Waals surface area contributed by atoms with Crippen molar-refractivity contribution in [1.82, 2.24) is 9.80 Å². The van der Waals surface area contributed by atoms with Crippen LogP contribution in [0, 0.1) is 5.41 Å². The van der Waals surface area contributed by atoms with Crippen molar-refractivity contribution in [2.24, 2.45) is 5.41 Å². The van der Waals surface area contributed by atoms with E-state index in [0.29, 0.717) is 19.0 Å². The highest BCUT2D eigenvalue weighted by Crippen LogP contribution is 2.25. The monoisotopic (exact) mass is 242 g/mol. The van der Waals surface area contributed by atoms with Crippen LogP contribution in [0.2, 0.25) is 0 Å². The van der Waals surface area contributed by atoms with Crippen molar-refractivity contribution >= 4 is 5.97 Å². The topological polar surface area (TPSA) is 43.8 Å². The summed E-state index contributed by atoms with van der Waals surface area (Å²) in [4.78, 5) is 15.9. The molecule has 0 spiro atoms. The van der Waals surface area contributed by atoms with E-state index in [1.807, 2.05) is 13.8 Å². The average Bonchev–Trinajstić information content (AvgIpc) is 2.29. The Kier molecular flexibility index (Phi) is 4.95. The van der Waals surface area contributed by atoms with Crippen molar-refractivity contribution in [2.45, 2.75) is 39.2 Å². The first-order chi connectivity index (χ1) is 7.89. The van der Waals surface area contributed by atoms with Crippen molar-refractivity contribution in [1.29, 1.82) is 0 Å². The highest BCUT2D eigenvalue weighted by atomic mass is 16.4. The van der Waals surface area contributed by atoms with Gasteiger partial charge in [0, 0.05) is 19.1 Å². The van der Waals surface area contributed by atoms with Gasteiger partial charge >= 0.3 is 5.97 Å². The van der Waals surface area contributed by atoms with E-state index in [9.17, 15) is 9.90 Å². The van der Waals surface area contributed by atoms with Gasteiger partial charge < -0.3 is 14.9 Å². The van der Waals surface area contributed by atoms with Crippen LogP contribution in [0.5, 0.6) is 0 Å². The first kappa shape index (κ1) is 14.5. The zero-order chi connectivity index (χ0) is 13.1. The molecule has 100 valence electrons. The van der Waals surface area contributed by atoms with E-state index >= 15 is 0 Å². The second-order valence-electron chi connectivity index (χ2n) is 5.71. The maximum Gasteiger partial charge on any atom is 0.310 e. The van der Waals surface area contributed by atoms with Gasteiger partial charge in [-0.25, -0.2) is 0 Å². The van der Waals surface area contributed by atoms with Crippen LogP contribution >= 0.6 is 0 Å². The average molecular weight is 242 g/mol. The summed E-state index contributed by atoms with van der Waals surface area (Å²) in [5, 5.41) is 9.30. The van der Waals surface area contributed by atoms with Gasteiger partial charge in [0.15, 0.2) is 0 Å². The van der Waals surface area contributed by atoms with Crippen LogP contribution in [-0.4, -0.2) is 60.6 Å². The van der Waals surface area contributed by atoms with Gasteiger partial charge in [-0.2, -0.15) is 0 Å². The Morgan fingerprint density at radius 3 is 2.65 bits per heavy atom. The first-order valence-electron chi connectivity index (χ1n) is 6.51. The third kappa shape index (κ3) is 3.68. The number of carboxylic acids is 1. The minimum Gasteiger partial charge on any atom is -0.481 e. The minimum absolute atomic E-state index is 0.568. The van der Waals surface area contributed by atoms with E-state index in [2.05, 4.69) is 23.9 Å². The molecule has 1 aliphatic heterocycles. The second-order valence-corrected chi connectivity index (χ2v) is 5.71. The summed E-state index contributed by atoms with van der Waals surface area (Å²) >= 11 is 0. The molecule has 0 amide bonds. The molecule has 0 saturated carbocycles.